The Morgan fingerprint density at radius 1 is 0.906 bits per heavy atom. The molecule has 3 amide bonds. The van der Waals surface area contributed by atoms with Crippen LogP contribution < -0.4 is 10.6 Å². The lowest BCUT2D eigenvalue weighted by atomic mass is 10.1. The molecule has 32 heavy (non-hydrogen) atoms. The van der Waals surface area contributed by atoms with Crippen LogP contribution in [0.15, 0.2) is 60.9 Å². The van der Waals surface area contributed by atoms with Gasteiger partial charge in [0.2, 0.25) is 5.91 Å². The molecule has 2 N–H and O–H groups in total. The molecule has 0 unspecified atom stereocenters. The largest absolute Gasteiger partial charge is 0.332 e. The average Bonchev–Trinajstić information content (AvgIpc) is 2.76. The van der Waals surface area contributed by atoms with Crippen LogP contribution in [-0.2, 0) is 4.79 Å². The number of anilines is 2. The van der Waals surface area contributed by atoms with E-state index in [1.54, 1.807) is 49.6 Å². The number of rotatable bonds is 6. The number of aryl methyl sites for hydroxylation is 3. The molecule has 3 rings (SSSR count). The van der Waals surface area contributed by atoms with Crippen molar-refractivity contribution in [3.63, 3.8) is 0 Å². The Morgan fingerprint density at radius 3 is 2.25 bits per heavy atom. The molecule has 7 heteroatoms. The molecule has 0 saturated heterocycles. The van der Waals surface area contributed by atoms with E-state index < -0.39 is 0 Å². The molecule has 0 bridgehead atoms. The second-order valence-electron chi connectivity index (χ2n) is 7.76. The van der Waals surface area contributed by atoms with E-state index in [1.807, 2.05) is 32.9 Å². The van der Waals surface area contributed by atoms with Gasteiger partial charge in [0.05, 0.1) is 12.1 Å². The van der Waals surface area contributed by atoms with Gasteiger partial charge in [-0.3, -0.25) is 19.4 Å². The fourth-order valence-corrected chi connectivity index (χ4v) is 3.49. The normalized spacial score (nSPS) is 10.4. The molecule has 0 fully saturated rings. The van der Waals surface area contributed by atoms with Gasteiger partial charge < -0.3 is 15.5 Å². The highest BCUT2D eigenvalue weighted by Gasteiger charge is 2.17. The SMILES string of the molecule is Cc1cc(C)c(NC(=O)CN(C)C(=O)c2cccc(NC(=O)c3cccnc3)c2)c(C)c1. The van der Waals surface area contributed by atoms with Gasteiger partial charge in [-0.15, -0.1) is 0 Å². The average molecular weight is 431 g/mol. The van der Waals surface area contributed by atoms with Gasteiger partial charge in [0, 0.05) is 36.4 Å². The molecule has 164 valence electrons. The molecular weight excluding hydrogens is 404 g/mol. The third-order valence-corrected chi connectivity index (χ3v) is 4.96. The minimum Gasteiger partial charge on any atom is -0.332 e. The summed E-state index contributed by atoms with van der Waals surface area (Å²) in [7, 11) is 1.57. The summed E-state index contributed by atoms with van der Waals surface area (Å²) in [6.07, 6.45) is 3.05. The second kappa shape index (κ2) is 9.87. The standard InChI is InChI=1S/C25H26N4O3/c1-16-11-17(2)23(18(3)12-16)28-22(30)15-29(4)25(32)19-7-5-9-21(13-19)27-24(31)20-8-6-10-26-14-20/h5-14H,15H2,1-4H3,(H,27,31)(H,28,30). The topological polar surface area (TPSA) is 91.4 Å². The summed E-state index contributed by atoms with van der Waals surface area (Å²) < 4.78 is 0. The second-order valence-corrected chi connectivity index (χ2v) is 7.76. The van der Waals surface area contributed by atoms with E-state index in [4.69, 9.17) is 0 Å². The lowest BCUT2D eigenvalue weighted by Gasteiger charge is -2.19. The number of aromatic nitrogens is 1. The third kappa shape index (κ3) is 5.57. The van der Waals surface area contributed by atoms with E-state index in [0.29, 0.717) is 16.8 Å². The number of pyridine rings is 1. The zero-order valence-corrected chi connectivity index (χ0v) is 18.6. The van der Waals surface area contributed by atoms with E-state index >= 15 is 0 Å². The van der Waals surface area contributed by atoms with Crippen LogP contribution in [0.25, 0.3) is 0 Å². The number of hydrogen-bond acceptors (Lipinski definition) is 4. The van der Waals surface area contributed by atoms with Crippen molar-refractivity contribution in [3.05, 3.63) is 88.7 Å². The molecule has 0 aliphatic heterocycles. The van der Waals surface area contributed by atoms with Gasteiger partial charge in [-0.1, -0.05) is 23.8 Å². The van der Waals surface area contributed by atoms with Gasteiger partial charge in [-0.2, -0.15) is 0 Å². The number of benzene rings is 2. The summed E-state index contributed by atoms with van der Waals surface area (Å²) in [4.78, 5) is 43.0. The fourth-order valence-electron chi connectivity index (χ4n) is 3.49. The van der Waals surface area contributed by atoms with Crippen LogP contribution >= 0.6 is 0 Å². The highest BCUT2D eigenvalue weighted by Crippen LogP contribution is 2.22. The fraction of sp³-hybridized carbons (Fsp3) is 0.200. The first-order valence-electron chi connectivity index (χ1n) is 10.2. The molecule has 2 aromatic carbocycles. The number of carbonyl (C=O) groups is 3. The van der Waals surface area contributed by atoms with Crippen molar-refractivity contribution in [2.75, 3.05) is 24.2 Å². The molecule has 0 atom stereocenters. The summed E-state index contributed by atoms with van der Waals surface area (Å²) in [5, 5.41) is 5.66. The molecule has 3 aromatic rings. The van der Waals surface area contributed by atoms with E-state index in [1.165, 1.54) is 11.1 Å². The first-order chi connectivity index (χ1) is 15.2. The van der Waals surface area contributed by atoms with E-state index in [2.05, 4.69) is 15.6 Å². The number of amides is 3. The molecule has 1 aromatic heterocycles. The number of carbonyl (C=O) groups excluding carboxylic acids is 3. The predicted octanol–water partition coefficient (Wildman–Crippen LogP) is 3.97. The number of nitrogens with zero attached hydrogens (tertiary/aromatic N) is 2. The van der Waals surface area contributed by atoms with Gasteiger partial charge in [-0.05, 0) is 62.2 Å². The molecule has 0 radical (unpaired) electrons. The quantitative estimate of drug-likeness (QED) is 0.619. The minimum atomic E-state index is -0.324. The van der Waals surface area contributed by atoms with Crippen molar-refractivity contribution in [2.45, 2.75) is 20.8 Å². The molecule has 0 aliphatic carbocycles. The van der Waals surface area contributed by atoms with Gasteiger partial charge in [0.25, 0.3) is 11.8 Å². The Hall–Kier alpha value is -4.00. The van der Waals surface area contributed by atoms with Crippen molar-refractivity contribution in [1.29, 1.82) is 0 Å². The van der Waals surface area contributed by atoms with Crippen LogP contribution in [0.5, 0.6) is 0 Å². The van der Waals surface area contributed by atoms with Crippen LogP contribution in [0.1, 0.15) is 37.4 Å². The van der Waals surface area contributed by atoms with E-state index in [0.717, 1.165) is 22.4 Å². The van der Waals surface area contributed by atoms with Crippen LogP contribution in [0.4, 0.5) is 11.4 Å². The number of nitrogens with one attached hydrogen (secondary N) is 2. The maximum atomic E-state index is 12.8. The number of likely N-dealkylation sites (N-methyl/N-ethyl adjacent to an activating group) is 1. The summed E-state index contributed by atoms with van der Waals surface area (Å²) in [6, 6.07) is 13.9. The van der Waals surface area contributed by atoms with E-state index in [-0.39, 0.29) is 24.3 Å². The molecular formula is C25H26N4O3. The summed E-state index contributed by atoms with van der Waals surface area (Å²) in [6.45, 7) is 5.79. The van der Waals surface area contributed by atoms with Crippen molar-refractivity contribution in [2.24, 2.45) is 0 Å². The smallest absolute Gasteiger partial charge is 0.257 e. The monoisotopic (exact) mass is 430 g/mol. The number of hydrogen-bond donors (Lipinski definition) is 2. The zero-order chi connectivity index (χ0) is 23.3. The summed E-state index contributed by atoms with van der Waals surface area (Å²) in [5.74, 6) is -0.925. The molecule has 1 heterocycles. The van der Waals surface area contributed by atoms with E-state index in [9.17, 15) is 14.4 Å². The van der Waals surface area contributed by atoms with Gasteiger partial charge in [0.1, 0.15) is 0 Å². The molecule has 0 spiro atoms. The van der Waals surface area contributed by atoms with Crippen molar-refractivity contribution < 1.29 is 14.4 Å². The highest BCUT2D eigenvalue weighted by molar-refractivity contribution is 6.05. The van der Waals surface area contributed by atoms with Crippen LogP contribution in [0.3, 0.4) is 0 Å². The molecule has 7 nitrogen and oxygen atoms in total. The Balaban J connectivity index is 1.65. The molecule has 0 saturated carbocycles. The predicted molar refractivity (Wildman–Crippen MR) is 125 cm³/mol. The minimum absolute atomic E-state index is 0.0993. The van der Waals surface area contributed by atoms with Gasteiger partial charge in [0.15, 0.2) is 0 Å². The Labute approximate surface area is 187 Å². The van der Waals surface area contributed by atoms with Crippen LogP contribution in [0, 0.1) is 20.8 Å². The van der Waals surface area contributed by atoms with Crippen LogP contribution in [0.2, 0.25) is 0 Å². The zero-order valence-electron chi connectivity index (χ0n) is 18.6. The lowest BCUT2D eigenvalue weighted by Crippen LogP contribution is -2.35. The molecule has 0 aliphatic rings. The summed E-state index contributed by atoms with van der Waals surface area (Å²) in [5.41, 5.74) is 5.10. The lowest BCUT2D eigenvalue weighted by molar-refractivity contribution is -0.116. The Morgan fingerprint density at radius 2 is 1.59 bits per heavy atom. The maximum absolute atomic E-state index is 12.8. The van der Waals surface area contributed by atoms with Crippen molar-refractivity contribution >= 4 is 29.1 Å². The van der Waals surface area contributed by atoms with Crippen LogP contribution in [-0.4, -0.2) is 41.2 Å². The van der Waals surface area contributed by atoms with Gasteiger partial charge in [-0.25, -0.2) is 0 Å². The first-order valence-corrected chi connectivity index (χ1v) is 10.2. The maximum Gasteiger partial charge on any atom is 0.257 e. The van der Waals surface area contributed by atoms with Crippen molar-refractivity contribution in [3.8, 4) is 0 Å². The van der Waals surface area contributed by atoms with Crippen molar-refractivity contribution in [1.82, 2.24) is 9.88 Å². The Bertz CT molecular complexity index is 1140. The summed E-state index contributed by atoms with van der Waals surface area (Å²) >= 11 is 0. The highest BCUT2D eigenvalue weighted by atomic mass is 16.2. The van der Waals surface area contributed by atoms with Gasteiger partial charge >= 0.3 is 0 Å². The third-order valence-electron chi connectivity index (χ3n) is 4.96. The first kappa shape index (κ1) is 22.7. The Kier molecular flexibility index (Phi) is 7.00.